The number of hydrogen-bond acceptors (Lipinski definition) is 5. The van der Waals surface area contributed by atoms with Crippen molar-refractivity contribution < 1.29 is 23.8 Å². The zero-order valence-corrected chi connectivity index (χ0v) is 15.3. The second-order valence-electron chi connectivity index (χ2n) is 5.99. The molecule has 2 atom stereocenters. The number of aliphatic hydroxyl groups excluding tert-OH is 1. The minimum atomic E-state index is -1.31. The number of ether oxygens (including phenoxy) is 1. The minimum absolute atomic E-state index is 0.172. The molecule has 138 valence electrons. The molecule has 1 aromatic heterocycles. The lowest BCUT2D eigenvalue weighted by Crippen LogP contribution is -2.42. The first-order valence-corrected chi connectivity index (χ1v) is 8.51. The summed E-state index contributed by atoms with van der Waals surface area (Å²) in [7, 11) is 0. The molecule has 1 aromatic carbocycles. The Kier molecular flexibility index (Phi) is 5.13. The Morgan fingerprint density at radius 3 is 2.81 bits per heavy atom. The number of nitrogens with one attached hydrogen (secondary N) is 1. The van der Waals surface area contributed by atoms with Gasteiger partial charge in [-0.15, -0.1) is 0 Å². The van der Waals surface area contributed by atoms with E-state index in [2.05, 4.69) is 5.32 Å². The number of rotatable bonds is 6. The number of aliphatic hydroxyl groups is 1. The van der Waals surface area contributed by atoms with Gasteiger partial charge in [-0.1, -0.05) is 23.2 Å². The van der Waals surface area contributed by atoms with E-state index in [4.69, 9.17) is 32.4 Å². The number of carbonyl (C=O) groups excluding carboxylic acids is 2. The predicted octanol–water partition coefficient (Wildman–Crippen LogP) is 2.79. The van der Waals surface area contributed by atoms with Gasteiger partial charge in [-0.2, -0.15) is 0 Å². The van der Waals surface area contributed by atoms with Crippen LogP contribution in [0.4, 0.5) is 4.79 Å². The molecule has 0 aliphatic carbocycles. The molecule has 0 bridgehead atoms. The highest BCUT2D eigenvalue weighted by atomic mass is 35.5. The van der Waals surface area contributed by atoms with Crippen LogP contribution in [-0.4, -0.2) is 41.2 Å². The number of benzene rings is 1. The lowest BCUT2D eigenvalue weighted by Gasteiger charge is -2.21. The van der Waals surface area contributed by atoms with E-state index in [0.29, 0.717) is 21.6 Å². The first-order chi connectivity index (χ1) is 12.3. The number of halogens is 2. The van der Waals surface area contributed by atoms with Crippen molar-refractivity contribution in [2.45, 2.75) is 18.6 Å². The molecule has 0 radical (unpaired) electrons. The highest BCUT2D eigenvalue weighted by Crippen LogP contribution is 2.30. The van der Waals surface area contributed by atoms with Gasteiger partial charge < -0.3 is 19.6 Å². The van der Waals surface area contributed by atoms with Crippen molar-refractivity contribution in [3.8, 4) is 5.75 Å². The van der Waals surface area contributed by atoms with E-state index in [1.165, 1.54) is 12.3 Å². The Balaban J connectivity index is 1.64. The molecular formula is C17H16Cl2N2O5. The molecular weight excluding hydrogens is 383 g/mol. The molecule has 2 heterocycles. The zero-order valence-electron chi connectivity index (χ0n) is 13.7. The summed E-state index contributed by atoms with van der Waals surface area (Å²) in [5.41, 5.74) is -1.31. The predicted molar refractivity (Wildman–Crippen MR) is 94.3 cm³/mol. The number of hydrogen-bond donors (Lipinski definition) is 2. The van der Waals surface area contributed by atoms with Crippen LogP contribution in [0.3, 0.4) is 0 Å². The Bertz CT molecular complexity index is 827. The third-order valence-electron chi connectivity index (χ3n) is 4.01. The average Bonchev–Trinajstić information content (AvgIpc) is 3.20. The highest BCUT2D eigenvalue weighted by molar-refractivity contribution is 6.34. The maximum absolute atomic E-state index is 12.6. The van der Waals surface area contributed by atoms with E-state index in [0.717, 1.165) is 4.90 Å². The Hall–Kier alpha value is -2.22. The van der Waals surface area contributed by atoms with Crippen molar-refractivity contribution in [1.82, 2.24) is 10.2 Å². The molecule has 7 nitrogen and oxygen atoms in total. The Morgan fingerprint density at radius 2 is 2.12 bits per heavy atom. The third kappa shape index (κ3) is 3.51. The number of amides is 3. The zero-order chi connectivity index (χ0) is 18.9. The van der Waals surface area contributed by atoms with E-state index in [1.54, 1.807) is 31.2 Å². The molecule has 26 heavy (non-hydrogen) atoms. The van der Waals surface area contributed by atoms with Crippen LogP contribution in [0.5, 0.6) is 5.75 Å². The monoisotopic (exact) mass is 398 g/mol. The average molecular weight is 399 g/mol. The molecule has 9 heteroatoms. The van der Waals surface area contributed by atoms with Crippen LogP contribution < -0.4 is 10.1 Å². The normalized spacial score (nSPS) is 21.0. The number of nitrogens with zero attached hydrogens (tertiary/aromatic N) is 1. The van der Waals surface area contributed by atoms with Crippen LogP contribution >= 0.6 is 23.2 Å². The van der Waals surface area contributed by atoms with Gasteiger partial charge in [0, 0.05) is 11.1 Å². The number of imide groups is 1. The van der Waals surface area contributed by atoms with Crippen LogP contribution in [0.25, 0.3) is 0 Å². The van der Waals surface area contributed by atoms with Crippen molar-refractivity contribution in [2.24, 2.45) is 0 Å². The van der Waals surface area contributed by atoms with Gasteiger partial charge in [0.1, 0.15) is 24.2 Å². The second kappa shape index (κ2) is 7.19. The quantitative estimate of drug-likeness (QED) is 0.729. The molecule has 0 spiro atoms. The summed E-state index contributed by atoms with van der Waals surface area (Å²) >= 11 is 11.9. The van der Waals surface area contributed by atoms with E-state index >= 15 is 0 Å². The first kappa shape index (κ1) is 18.6. The summed E-state index contributed by atoms with van der Waals surface area (Å²) in [5.74, 6) is 0.0999. The van der Waals surface area contributed by atoms with Crippen molar-refractivity contribution in [1.29, 1.82) is 0 Å². The molecule has 0 saturated carbocycles. The molecule has 2 aromatic rings. The van der Waals surface area contributed by atoms with Gasteiger partial charge in [-0.25, -0.2) is 4.79 Å². The van der Waals surface area contributed by atoms with Gasteiger partial charge in [-0.3, -0.25) is 9.69 Å². The van der Waals surface area contributed by atoms with E-state index < -0.39 is 23.6 Å². The Labute approximate surface area is 159 Å². The molecule has 2 N–H and O–H groups in total. The van der Waals surface area contributed by atoms with Crippen LogP contribution in [0.15, 0.2) is 41.0 Å². The summed E-state index contributed by atoms with van der Waals surface area (Å²) in [4.78, 5) is 25.7. The van der Waals surface area contributed by atoms with Crippen LogP contribution in [0, 0.1) is 0 Å². The van der Waals surface area contributed by atoms with E-state index in [-0.39, 0.29) is 13.2 Å². The van der Waals surface area contributed by atoms with Crippen LogP contribution in [0.2, 0.25) is 10.0 Å². The highest BCUT2D eigenvalue weighted by Gasteiger charge is 2.51. The summed E-state index contributed by atoms with van der Waals surface area (Å²) < 4.78 is 10.7. The molecule has 2 unspecified atom stereocenters. The van der Waals surface area contributed by atoms with Gasteiger partial charge in [-0.05, 0) is 31.2 Å². The molecule has 1 aliphatic rings. The van der Waals surface area contributed by atoms with E-state index in [1.807, 2.05) is 0 Å². The molecule has 1 saturated heterocycles. The molecule has 3 rings (SSSR count). The topological polar surface area (TPSA) is 92.0 Å². The molecule has 1 aliphatic heterocycles. The minimum Gasteiger partial charge on any atom is -0.489 e. The van der Waals surface area contributed by atoms with Crippen molar-refractivity contribution in [3.63, 3.8) is 0 Å². The third-order valence-corrected chi connectivity index (χ3v) is 4.55. The van der Waals surface area contributed by atoms with Crippen molar-refractivity contribution in [2.75, 3.05) is 13.2 Å². The SMILES string of the molecule is CC1(c2ccco2)NC(=O)N(CC(O)COc2cc(Cl)ccc2Cl)C1=O. The standard InChI is InChI=1S/C17H16Cl2N2O5/c1-17(14-3-2-6-25-14)15(23)21(16(24)20-17)8-11(22)9-26-13-7-10(18)4-5-12(13)19/h2-7,11,22H,8-9H2,1H3,(H,20,24). The summed E-state index contributed by atoms with van der Waals surface area (Å²) in [6.07, 6.45) is 0.304. The lowest BCUT2D eigenvalue weighted by atomic mass is 9.99. The largest absolute Gasteiger partial charge is 0.489 e. The number of urea groups is 1. The van der Waals surface area contributed by atoms with Gasteiger partial charge >= 0.3 is 6.03 Å². The maximum Gasteiger partial charge on any atom is 0.325 e. The molecule has 1 fully saturated rings. The fourth-order valence-corrected chi connectivity index (χ4v) is 2.96. The summed E-state index contributed by atoms with van der Waals surface area (Å²) in [6.45, 7) is 1.13. The summed E-state index contributed by atoms with van der Waals surface area (Å²) in [6, 6.07) is 7.29. The van der Waals surface area contributed by atoms with Gasteiger partial charge in [0.05, 0.1) is 17.8 Å². The fraction of sp³-hybridized carbons (Fsp3) is 0.294. The second-order valence-corrected chi connectivity index (χ2v) is 6.83. The lowest BCUT2D eigenvalue weighted by molar-refractivity contribution is -0.132. The van der Waals surface area contributed by atoms with Crippen molar-refractivity contribution in [3.05, 3.63) is 52.4 Å². The number of furan rings is 1. The maximum atomic E-state index is 12.6. The first-order valence-electron chi connectivity index (χ1n) is 7.75. The smallest absolute Gasteiger partial charge is 0.325 e. The molecule has 3 amide bonds. The van der Waals surface area contributed by atoms with Gasteiger partial charge in [0.2, 0.25) is 0 Å². The van der Waals surface area contributed by atoms with Crippen LogP contribution in [0.1, 0.15) is 12.7 Å². The van der Waals surface area contributed by atoms with Gasteiger partial charge in [0.25, 0.3) is 5.91 Å². The number of β-amino-alcohol motifs (C(OH)–C–C–N with tert-alkyl or cyclic N) is 1. The summed E-state index contributed by atoms with van der Waals surface area (Å²) in [5, 5.41) is 13.5. The van der Waals surface area contributed by atoms with Gasteiger partial charge in [0.15, 0.2) is 5.54 Å². The van der Waals surface area contributed by atoms with Crippen LogP contribution in [-0.2, 0) is 10.3 Å². The number of carbonyl (C=O) groups is 2. The van der Waals surface area contributed by atoms with E-state index in [9.17, 15) is 14.7 Å². The Morgan fingerprint density at radius 1 is 1.35 bits per heavy atom. The fourth-order valence-electron chi connectivity index (χ4n) is 2.63. The van der Waals surface area contributed by atoms with Crippen molar-refractivity contribution >= 4 is 35.1 Å².